The number of alkyl halides is 2. The molecular formula is C41H71Br2ClN8O10S4. The summed E-state index contributed by atoms with van der Waals surface area (Å²) in [6, 6.07) is 8.58. The van der Waals surface area contributed by atoms with Crippen LogP contribution in [0.3, 0.4) is 0 Å². The molecule has 2 saturated heterocycles. The van der Waals surface area contributed by atoms with Gasteiger partial charge in [-0.25, -0.2) is 43.1 Å². The van der Waals surface area contributed by atoms with Crippen LogP contribution in [-0.2, 0) is 51.0 Å². The van der Waals surface area contributed by atoms with Crippen LogP contribution in [0.25, 0.3) is 10.9 Å². The molecule has 1 aliphatic carbocycles. The summed E-state index contributed by atoms with van der Waals surface area (Å²) >= 11 is 6.55. The number of nitrogens with zero attached hydrogens (tertiary/aromatic N) is 3. The summed E-state index contributed by atoms with van der Waals surface area (Å²) < 4.78 is 94.0. The van der Waals surface area contributed by atoms with Gasteiger partial charge in [0, 0.05) is 59.5 Å². The second-order valence-electron chi connectivity index (χ2n) is 16.6. The number of carbonyl (C=O) groups excluding carboxylic acids is 2. The minimum Gasteiger partial charge on any atom is -0.347 e. The third-order valence-corrected chi connectivity index (χ3v) is 15.4. The molecule has 3 atom stereocenters. The average molecular weight is 1160 g/mol. The van der Waals surface area contributed by atoms with Gasteiger partial charge in [0.1, 0.15) is 11.7 Å². The first-order valence-electron chi connectivity index (χ1n) is 22.0. The first kappa shape index (κ1) is 61.9. The number of aromatic nitrogens is 1. The van der Waals surface area contributed by atoms with Gasteiger partial charge in [-0.3, -0.25) is 13.9 Å². The Hall–Kier alpha value is -2.08. The predicted octanol–water partition coefficient (Wildman–Crippen LogP) is 5.17. The number of carbonyl (C=O) groups is 2. The zero-order chi connectivity index (χ0) is 50.1. The largest absolute Gasteiger partial charge is 0.347 e. The lowest BCUT2D eigenvalue weighted by molar-refractivity contribution is -0.127. The molecule has 2 amide bonds. The van der Waals surface area contributed by atoms with E-state index >= 15 is 0 Å². The van der Waals surface area contributed by atoms with Crippen molar-refractivity contribution in [2.45, 2.75) is 109 Å². The molecule has 2 aliphatic heterocycles. The van der Waals surface area contributed by atoms with Gasteiger partial charge in [0.05, 0.1) is 47.2 Å². The molecule has 3 aliphatic rings. The Morgan fingerprint density at radius 1 is 0.939 bits per heavy atom. The quantitative estimate of drug-likeness (QED) is 0.0879. The lowest BCUT2D eigenvalue weighted by Gasteiger charge is -2.32. The van der Waals surface area contributed by atoms with Crippen molar-refractivity contribution in [3.05, 3.63) is 30.0 Å². The number of amides is 2. The molecule has 3 heterocycles. The van der Waals surface area contributed by atoms with Gasteiger partial charge in [-0.1, -0.05) is 64.6 Å². The molecule has 1 saturated carbocycles. The average Bonchev–Trinajstić information content (AvgIpc) is 3.56. The third-order valence-electron chi connectivity index (χ3n) is 10.2. The summed E-state index contributed by atoms with van der Waals surface area (Å²) in [7, 11) is -6.03. The van der Waals surface area contributed by atoms with E-state index in [-0.39, 0.29) is 35.4 Å². The van der Waals surface area contributed by atoms with Crippen LogP contribution < -0.4 is 30.1 Å². The lowest BCUT2D eigenvalue weighted by Crippen LogP contribution is -2.50. The molecule has 18 nitrogen and oxygen atoms in total. The fourth-order valence-corrected chi connectivity index (χ4v) is 11.1. The van der Waals surface area contributed by atoms with E-state index in [4.69, 9.17) is 5.73 Å². The van der Waals surface area contributed by atoms with Crippen LogP contribution in [0.5, 0.6) is 0 Å². The Bertz CT molecular complexity index is 2270. The van der Waals surface area contributed by atoms with Crippen LogP contribution in [0.4, 0.5) is 5.69 Å². The molecule has 25 heteroatoms. The van der Waals surface area contributed by atoms with Crippen molar-refractivity contribution < 1.29 is 43.3 Å². The van der Waals surface area contributed by atoms with Crippen LogP contribution >= 0.6 is 42.5 Å². The predicted molar refractivity (Wildman–Crippen MR) is 273 cm³/mol. The second-order valence-corrected chi connectivity index (χ2v) is 27.0. The molecule has 5 rings (SSSR count). The van der Waals surface area contributed by atoms with Crippen molar-refractivity contribution in [2.75, 3.05) is 65.2 Å². The van der Waals surface area contributed by atoms with Gasteiger partial charge < -0.3 is 20.9 Å². The van der Waals surface area contributed by atoms with Crippen molar-refractivity contribution in [1.82, 2.24) is 24.6 Å². The molecule has 3 fully saturated rings. The van der Waals surface area contributed by atoms with Gasteiger partial charge in [0.25, 0.3) is 5.91 Å². The van der Waals surface area contributed by atoms with E-state index in [9.17, 15) is 48.5 Å². The summed E-state index contributed by atoms with van der Waals surface area (Å²) in [5.74, 6) is -0.0852. The number of unbranched alkanes of at least 4 members (excludes halogenated alkanes) is 2. The van der Waals surface area contributed by atoms with Crippen LogP contribution in [0, 0.1) is 23.2 Å². The number of fused-ring (bicyclic) bond motifs is 1. The fourth-order valence-electron chi connectivity index (χ4n) is 6.96. The normalized spacial score (nSPS) is 19.4. The van der Waals surface area contributed by atoms with E-state index < -0.39 is 45.2 Å². The number of nitrogens with two attached hydrogens (primary N) is 1. The maximum Gasteiger partial charge on any atom is 0.268 e. The maximum atomic E-state index is 13.4. The number of halogens is 3. The van der Waals surface area contributed by atoms with Gasteiger partial charge in [0.2, 0.25) is 45.0 Å². The van der Waals surface area contributed by atoms with Crippen molar-refractivity contribution in [3.8, 4) is 6.07 Å². The van der Waals surface area contributed by atoms with Crippen LogP contribution in [0.1, 0.15) is 108 Å². The van der Waals surface area contributed by atoms with E-state index in [2.05, 4.69) is 68.7 Å². The molecule has 0 spiro atoms. The van der Waals surface area contributed by atoms with Gasteiger partial charge >= 0.3 is 0 Å². The van der Waals surface area contributed by atoms with Crippen molar-refractivity contribution in [1.29, 1.82) is 5.26 Å². The van der Waals surface area contributed by atoms with Crippen LogP contribution in [0.15, 0.2) is 24.3 Å². The summed E-state index contributed by atoms with van der Waals surface area (Å²) in [5, 5.41) is 18.3. The molecule has 0 radical (unpaired) electrons. The number of rotatable bonds is 15. The molecular weight excluding hydrogens is 1090 g/mol. The van der Waals surface area contributed by atoms with Crippen LogP contribution in [-0.4, -0.2) is 123 Å². The van der Waals surface area contributed by atoms with Gasteiger partial charge in [0.15, 0.2) is 0 Å². The number of hydrogen-bond donors (Lipinski definition) is 5. The molecule has 66 heavy (non-hydrogen) atoms. The Morgan fingerprint density at radius 3 is 2.06 bits per heavy atom. The van der Waals surface area contributed by atoms with Gasteiger partial charge in [-0.15, -0.1) is 0 Å². The SMILES string of the molecule is CC(C)C[C@@H](C#N)NC(=O)[C@@H]1CCCC[C@@H]1NC(=O)c1cc2ccc(N3CCCCS3(=O)=O)cc2n1C.CS(=O)(=O)Cl.CS(=O)(=O)NCCCCBr.NCCCCBr.O=S1(=O)CCCCN1. The summed E-state index contributed by atoms with van der Waals surface area (Å²) in [6.07, 6.45) is 13.4. The monoisotopic (exact) mass is 1160 g/mol. The molecule has 0 bridgehead atoms. The van der Waals surface area contributed by atoms with Crippen molar-refractivity contribution in [3.63, 3.8) is 0 Å². The zero-order valence-electron chi connectivity index (χ0n) is 38.7. The number of hydrogen-bond acceptors (Lipinski definition) is 12. The highest BCUT2D eigenvalue weighted by Crippen LogP contribution is 2.30. The van der Waals surface area contributed by atoms with E-state index in [1.165, 1.54) is 17.0 Å². The number of sulfonamides is 3. The Labute approximate surface area is 415 Å². The number of nitriles is 1. The summed E-state index contributed by atoms with van der Waals surface area (Å²) in [5.41, 5.74) is 7.03. The Balaban J connectivity index is 0.000000603. The highest BCUT2D eigenvalue weighted by atomic mass is 79.9. The van der Waals surface area contributed by atoms with Gasteiger partial charge in [-0.05, 0) is 101 Å². The molecule has 380 valence electrons. The van der Waals surface area contributed by atoms with E-state index in [0.29, 0.717) is 62.5 Å². The summed E-state index contributed by atoms with van der Waals surface area (Å²) in [6.45, 7) is 6.48. The summed E-state index contributed by atoms with van der Waals surface area (Å²) in [4.78, 5) is 26.4. The highest BCUT2D eigenvalue weighted by Gasteiger charge is 2.34. The first-order chi connectivity index (χ1) is 30.8. The minimum absolute atomic E-state index is 0.147. The second kappa shape index (κ2) is 31.2. The standard InChI is InChI=1S/C27H37N5O4S.C5H12BrNO2S.C4H10BrN.C4H9NO2S.CH3ClO2S/c1-18(2)14-20(17-28)29-26(33)22-8-4-5-9-23(22)30-27(34)25-15-19-10-11-21(16-24(19)31(25)3)32-12-6-7-13-37(32,35)36;1-10(8,9)7-5-3-2-4-6;5-3-1-2-4-6;6-8(7)4-2-1-3-5-8;1-5(2,3)4/h10-11,15-16,18,20,22-23H,4-9,12-14H2,1-3H3,(H,29,33)(H,30,34);7H,2-5H2,1H3;1-4,6H2;5H,1-4H2;1H3/t20-,22+,23-;;;;/m0..../s1. The van der Waals surface area contributed by atoms with E-state index in [1.54, 1.807) is 23.7 Å². The topological polar surface area (TPSA) is 277 Å². The number of benzene rings is 1. The van der Waals surface area contributed by atoms with Gasteiger partial charge in [-0.2, -0.15) is 5.26 Å². The Morgan fingerprint density at radius 2 is 1.56 bits per heavy atom. The number of nitrogens with one attached hydrogen (secondary N) is 4. The van der Waals surface area contributed by atoms with Crippen molar-refractivity contribution >= 4 is 110 Å². The molecule has 1 aromatic heterocycles. The lowest BCUT2D eigenvalue weighted by atomic mass is 9.83. The highest BCUT2D eigenvalue weighted by molar-refractivity contribution is 9.09. The zero-order valence-corrected chi connectivity index (χ0v) is 45.9. The third kappa shape index (κ3) is 26.1. The van der Waals surface area contributed by atoms with Crippen LogP contribution in [0.2, 0.25) is 0 Å². The fraction of sp³-hybridized carbons (Fsp3) is 0.732. The number of aryl methyl sites for hydroxylation is 1. The molecule has 2 aromatic rings. The molecule has 0 unspecified atom stereocenters. The molecule has 1 aromatic carbocycles. The number of anilines is 1. The minimum atomic E-state index is -3.33. The first-order valence-corrected chi connectivity index (χ1v) is 32.1. The van der Waals surface area contributed by atoms with Crippen molar-refractivity contribution in [2.24, 2.45) is 24.6 Å². The van der Waals surface area contributed by atoms with E-state index in [0.717, 1.165) is 85.7 Å². The van der Waals surface area contributed by atoms with E-state index in [1.807, 2.05) is 26.0 Å². The Kier molecular flexibility index (Phi) is 29.3. The molecule has 6 N–H and O–H groups in total. The maximum absolute atomic E-state index is 13.4. The smallest absolute Gasteiger partial charge is 0.268 e.